The van der Waals surface area contributed by atoms with Gasteiger partial charge in [-0.05, 0) is 24.6 Å². The van der Waals surface area contributed by atoms with Gasteiger partial charge in [0.25, 0.3) is 0 Å². The zero-order valence-corrected chi connectivity index (χ0v) is 10.7. The van der Waals surface area contributed by atoms with Crippen LogP contribution in [0.5, 0.6) is 5.75 Å². The summed E-state index contributed by atoms with van der Waals surface area (Å²) in [6, 6.07) is 3.88. The third-order valence-corrected chi connectivity index (χ3v) is 2.42. The lowest BCUT2D eigenvalue weighted by atomic mass is 10.2. The molecule has 0 amide bonds. The van der Waals surface area contributed by atoms with Crippen LogP contribution in [0, 0.1) is 0 Å². The standard InChI is InChI=1S/C13H17NO5/c1-2-3-4-7-18-13(17)19-11-8-9(12(15)16)5-6-10(11)14/h5-6,8H,2-4,7,14H2,1H3,(H,15,16). The van der Waals surface area contributed by atoms with E-state index in [9.17, 15) is 9.59 Å². The van der Waals surface area contributed by atoms with Gasteiger partial charge in [0.2, 0.25) is 0 Å². The Morgan fingerprint density at radius 3 is 2.68 bits per heavy atom. The van der Waals surface area contributed by atoms with E-state index in [1.165, 1.54) is 18.2 Å². The van der Waals surface area contributed by atoms with Crippen molar-refractivity contribution < 1.29 is 24.2 Å². The number of carbonyl (C=O) groups excluding carboxylic acids is 1. The molecule has 3 N–H and O–H groups in total. The first-order chi connectivity index (χ1) is 9.04. The molecule has 0 aliphatic carbocycles. The highest BCUT2D eigenvalue weighted by Gasteiger charge is 2.12. The summed E-state index contributed by atoms with van der Waals surface area (Å²) in [4.78, 5) is 22.1. The Kier molecular flexibility index (Phi) is 5.66. The van der Waals surface area contributed by atoms with Crippen LogP contribution in [0.1, 0.15) is 36.5 Å². The normalized spacial score (nSPS) is 9.95. The van der Waals surface area contributed by atoms with Gasteiger partial charge in [0.1, 0.15) is 0 Å². The van der Waals surface area contributed by atoms with Gasteiger partial charge < -0.3 is 20.3 Å². The first-order valence-corrected chi connectivity index (χ1v) is 6.02. The molecule has 0 bridgehead atoms. The van der Waals surface area contributed by atoms with Gasteiger partial charge >= 0.3 is 12.1 Å². The van der Waals surface area contributed by atoms with Crippen molar-refractivity contribution in [2.75, 3.05) is 12.3 Å². The number of benzene rings is 1. The van der Waals surface area contributed by atoms with Crippen LogP contribution < -0.4 is 10.5 Å². The van der Waals surface area contributed by atoms with Gasteiger partial charge in [0.15, 0.2) is 5.75 Å². The first-order valence-electron chi connectivity index (χ1n) is 6.02. The van der Waals surface area contributed by atoms with Gasteiger partial charge in [0.05, 0.1) is 17.9 Å². The molecule has 0 saturated heterocycles. The summed E-state index contributed by atoms with van der Waals surface area (Å²) in [5.74, 6) is -1.14. The molecule has 0 radical (unpaired) electrons. The van der Waals surface area contributed by atoms with E-state index in [0.717, 1.165) is 19.3 Å². The van der Waals surface area contributed by atoms with Gasteiger partial charge in [-0.25, -0.2) is 9.59 Å². The minimum Gasteiger partial charge on any atom is -0.478 e. The van der Waals surface area contributed by atoms with E-state index < -0.39 is 12.1 Å². The predicted octanol–water partition coefficient (Wildman–Crippen LogP) is 2.67. The topological polar surface area (TPSA) is 98.8 Å². The van der Waals surface area contributed by atoms with Crippen molar-refractivity contribution in [1.29, 1.82) is 0 Å². The number of hydrogen-bond donors (Lipinski definition) is 2. The third kappa shape index (κ3) is 4.87. The maximum atomic E-state index is 11.4. The second-order valence-corrected chi connectivity index (χ2v) is 3.97. The van der Waals surface area contributed by atoms with Crippen LogP contribution in [-0.4, -0.2) is 23.8 Å². The maximum absolute atomic E-state index is 11.4. The average molecular weight is 267 g/mol. The van der Waals surface area contributed by atoms with E-state index in [1.807, 2.05) is 6.92 Å². The Morgan fingerprint density at radius 1 is 1.32 bits per heavy atom. The van der Waals surface area contributed by atoms with Crippen molar-refractivity contribution >= 4 is 17.8 Å². The van der Waals surface area contributed by atoms with E-state index in [4.69, 9.17) is 20.3 Å². The number of aromatic carboxylic acids is 1. The molecule has 0 fully saturated rings. The van der Waals surface area contributed by atoms with Crippen LogP contribution in [-0.2, 0) is 4.74 Å². The van der Waals surface area contributed by atoms with E-state index in [1.54, 1.807) is 0 Å². The predicted molar refractivity (Wildman–Crippen MR) is 69.3 cm³/mol. The zero-order chi connectivity index (χ0) is 14.3. The van der Waals surface area contributed by atoms with Gasteiger partial charge in [-0.15, -0.1) is 0 Å². The number of carboxylic acids is 1. The average Bonchev–Trinajstić information content (AvgIpc) is 2.37. The van der Waals surface area contributed by atoms with E-state index in [-0.39, 0.29) is 23.6 Å². The molecule has 0 spiro atoms. The number of carbonyl (C=O) groups is 2. The highest BCUT2D eigenvalue weighted by Crippen LogP contribution is 2.23. The van der Waals surface area contributed by atoms with Gasteiger partial charge in [-0.3, -0.25) is 0 Å². The minimum atomic E-state index is -1.12. The summed E-state index contributed by atoms with van der Waals surface area (Å²) in [7, 11) is 0. The molecule has 19 heavy (non-hydrogen) atoms. The molecule has 6 heteroatoms. The van der Waals surface area contributed by atoms with Crippen LogP contribution in [0.15, 0.2) is 18.2 Å². The van der Waals surface area contributed by atoms with Crippen LogP contribution in [0.3, 0.4) is 0 Å². The Hall–Kier alpha value is -2.24. The number of hydrogen-bond acceptors (Lipinski definition) is 5. The second-order valence-electron chi connectivity index (χ2n) is 3.97. The lowest BCUT2D eigenvalue weighted by Crippen LogP contribution is -2.13. The van der Waals surface area contributed by atoms with E-state index in [2.05, 4.69) is 0 Å². The van der Waals surface area contributed by atoms with Gasteiger partial charge in [0, 0.05) is 0 Å². The lowest BCUT2D eigenvalue weighted by Gasteiger charge is -2.08. The molecule has 0 saturated carbocycles. The van der Waals surface area contributed by atoms with Crippen molar-refractivity contribution in [3.05, 3.63) is 23.8 Å². The number of anilines is 1. The Balaban J connectivity index is 2.58. The van der Waals surface area contributed by atoms with E-state index in [0.29, 0.717) is 0 Å². The molecule has 104 valence electrons. The van der Waals surface area contributed by atoms with Gasteiger partial charge in [-0.2, -0.15) is 0 Å². The monoisotopic (exact) mass is 267 g/mol. The van der Waals surface area contributed by atoms with Gasteiger partial charge in [-0.1, -0.05) is 19.8 Å². The molecule has 6 nitrogen and oxygen atoms in total. The highest BCUT2D eigenvalue weighted by molar-refractivity contribution is 5.89. The maximum Gasteiger partial charge on any atom is 0.513 e. The van der Waals surface area contributed by atoms with Crippen LogP contribution in [0.4, 0.5) is 10.5 Å². The molecule has 0 atom stereocenters. The number of carboxylic acid groups (broad SMARTS) is 1. The number of nitrogens with two attached hydrogens (primary N) is 1. The quantitative estimate of drug-likeness (QED) is 0.356. The first kappa shape index (κ1) is 14.8. The minimum absolute atomic E-state index is 0.0111. The third-order valence-electron chi connectivity index (χ3n) is 2.42. The molecule has 1 rings (SSSR count). The van der Waals surface area contributed by atoms with Crippen molar-refractivity contribution in [2.45, 2.75) is 26.2 Å². The summed E-state index contributed by atoms with van der Waals surface area (Å²) in [5.41, 5.74) is 5.75. The molecule has 1 aromatic rings. The smallest absolute Gasteiger partial charge is 0.478 e. The number of unbranched alkanes of at least 4 members (excludes halogenated alkanes) is 2. The lowest BCUT2D eigenvalue weighted by molar-refractivity contribution is 0.0694. The van der Waals surface area contributed by atoms with Crippen LogP contribution in [0.25, 0.3) is 0 Å². The molecular formula is C13H17NO5. The summed E-state index contributed by atoms with van der Waals surface area (Å²) in [6.45, 7) is 2.31. The number of nitrogen functional groups attached to an aromatic ring is 1. The Labute approximate surface area is 111 Å². The summed E-state index contributed by atoms with van der Waals surface area (Å²) < 4.78 is 9.71. The SMILES string of the molecule is CCCCCOC(=O)Oc1cc(C(=O)O)ccc1N. The summed E-state index contributed by atoms with van der Waals surface area (Å²) in [5, 5.41) is 8.82. The fourth-order valence-corrected chi connectivity index (χ4v) is 1.38. The Morgan fingerprint density at radius 2 is 2.05 bits per heavy atom. The van der Waals surface area contributed by atoms with Crippen LogP contribution >= 0.6 is 0 Å². The molecule has 0 aliphatic heterocycles. The van der Waals surface area contributed by atoms with Crippen LogP contribution in [0.2, 0.25) is 0 Å². The molecular weight excluding hydrogens is 250 g/mol. The fourth-order valence-electron chi connectivity index (χ4n) is 1.38. The van der Waals surface area contributed by atoms with E-state index >= 15 is 0 Å². The molecule has 1 aromatic carbocycles. The van der Waals surface area contributed by atoms with Crippen molar-refractivity contribution in [3.63, 3.8) is 0 Å². The zero-order valence-electron chi connectivity index (χ0n) is 10.7. The van der Waals surface area contributed by atoms with Crippen molar-refractivity contribution in [3.8, 4) is 5.75 Å². The Bertz CT molecular complexity index is 458. The molecule has 0 aromatic heterocycles. The number of ether oxygens (including phenoxy) is 2. The largest absolute Gasteiger partial charge is 0.513 e. The molecule has 0 aliphatic rings. The molecule has 0 heterocycles. The van der Waals surface area contributed by atoms with Crippen molar-refractivity contribution in [1.82, 2.24) is 0 Å². The second kappa shape index (κ2) is 7.25. The highest BCUT2D eigenvalue weighted by atomic mass is 16.7. The van der Waals surface area contributed by atoms with Crippen molar-refractivity contribution in [2.24, 2.45) is 0 Å². The summed E-state index contributed by atoms with van der Waals surface area (Å²) >= 11 is 0. The summed E-state index contributed by atoms with van der Waals surface area (Å²) in [6.07, 6.45) is 1.86. The number of rotatable bonds is 6. The molecule has 0 unspecified atom stereocenters. The fraction of sp³-hybridized carbons (Fsp3) is 0.385.